The van der Waals surface area contributed by atoms with Crippen molar-refractivity contribution in [1.82, 2.24) is 14.1 Å². The molecule has 5 heteroatoms. The molecule has 0 unspecified atom stereocenters. The maximum absolute atomic E-state index is 5.30. The number of rotatable bonds is 4. The molecular formula is C60H50BN4. The Labute approximate surface area is 381 Å². The molecule has 2 aliphatic carbocycles. The summed E-state index contributed by atoms with van der Waals surface area (Å²) in [6.07, 6.45) is 0. The van der Waals surface area contributed by atoms with E-state index < -0.39 is 0 Å². The predicted molar refractivity (Wildman–Crippen MR) is 274 cm³/mol. The molecule has 1 radical (unpaired) electrons. The first-order valence-electron chi connectivity index (χ1n) is 23.1. The lowest BCUT2D eigenvalue weighted by molar-refractivity contribution is 0.590. The van der Waals surface area contributed by atoms with Gasteiger partial charge < -0.3 is 14.5 Å². The van der Waals surface area contributed by atoms with Gasteiger partial charge in [0.2, 0.25) is 0 Å². The minimum absolute atomic E-state index is 0.0684. The molecule has 3 aliphatic rings. The Kier molecular flexibility index (Phi) is 7.68. The SMILES string of the molecule is Cn1c(-c2ccccc2)nc2cc3c(cc21)-n1c2cc4c(cc2c2ccc(-c5cc6c(cc5Nc5ccc(C(C)(C)C)cc5)C(C)(C)c5ccccc5-6)c(c21)[B]3)-c1ccccc1C4(C)C. The molecular weight excluding hydrogens is 787 g/mol. The summed E-state index contributed by atoms with van der Waals surface area (Å²) in [5.74, 6) is 0.966. The fourth-order valence-electron chi connectivity index (χ4n) is 11.8. The molecule has 0 fully saturated rings. The van der Waals surface area contributed by atoms with Crippen LogP contribution < -0.4 is 16.2 Å². The van der Waals surface area contributed by atoms with Crippen LogP contribution in [0.1, 0.15) is 76.3 Å². The summed E-state index contributed by atoms with van der Waals surface area (Å²) >= 11 is 0. The molecule has 10 aromatic rings. The molecule has 0 spiro atoms. The van der Waals surface area contributed by atoms with Gasteiger partial charge in [0.05, 0.1) is 16.6 Å². The zero-order chi connectivity index (χ0) is 44.3. The van der Waals surface area contributed by atoms with Crippen molar-refractivity contribution < 1.29 is 0 Å². The molecule has 0 bridgehead atoms. The second-order valence-corrected chi connectivity index (χ2v) is 20.8. The van der Waals surface area contributed by atoms with Crippen molar-refractivity contribution in [1.29, 1.82) is 0 Å². The van der Waals surface area contributed by atoms with Crippen LogP contribution in [-0.2, 0) is 23.3 Å². The number of hydrogen-bond acceptors (Lipinski definition) is 2. The maximum atomic E-state index is 5.30. The molecule has 0 atom stereocenters. The first-order valence-corrected chi connectivity index (χ1v) is 23.1. The van der Waals surface area contributed by atoms with E-state index >= 15 is 0 Å². The number of imidazole rings is 1. The fraction of sp³-hybridized carbons (Fsp3) is 0.183. The molecule has 65 heavy (non-hydrogen) atoms. The third kappa shape index (κ3) is 5.30. The van der Waals surface area contributed by atoms with E-state index in [0.717, 1.165) is 39.3 Å². The number of aromatic nitrogens is 3. The molecule has 0 saturated heterocycles. The van der Waals surface area contributed by atoms with Crippen LogP contribution in [0.15, 0.2) is 152 Å². The van der Waals surface area contributed by atoms with Gasteiger partial charge in [0.1, 0.15) is 5.82 Å². The van der Waals surface area contributed by atoms with Gasteiger partial charge in [0.15, 0.2) is 7.28 Å². The van der Waals surface area contributed by atoms with Crippen molar-refractivity contribution in [3.05, 3.63) is 179 Å². The summed E-state index contributed by atoms with van der Waals surface area (Å²) in [5, 5.41) is 6.53. The lowest BCUT2D eigenvalue weighted by Gasteiger charge is -2.26. The fourth-order valence-corrected chi connectivity index (χ4v) is 11.8. The number of aryl methyl sites for hydroxylation is 1. The van der Waals surface area contributed by atoms with E-state index in [2.05, 4.69) is 229 Å². The average Bonchev–Trinajstić information content (AvgIpc) is 3.95. The highest BCUT2D eigenvalue weighted by atomic mass is 15.1. The molecule has 4 nitrogen and oxygen atoms in total. The van der Waals surface area contributed by atoms with Gasteiger partial charge in [-0.15, -0.1) is 0 Å². The van der Waals surface area contributed by atoms with Crippen LogP contribution in [0.2, 0.25) is 0 Å². The minimum Gasteiger partial charge on any atom is -0.355 e. The molecule has 1 N–H and O–H groups in total. The normalized spacial score (nSPS) is 14.8. The molecule has 313 valence electrons. The van der Waals surface area contributed by atoms with Gasteiger partial charge in [-0.05, 0) is 115 Å². The topological polar surface area (TPSA) is 34.8 Å². The maximum Gasteiger partial charge on any atom is 0.198 e. The van der Waals surface area contributed by atoms with Crippen molar-refractivity contribution >= 4 is 62.4 Å². The number of nitrogens with zero attached hydrogens (tertiary/aromatic N) is 3. The van der Waals surface area contributed by atoms with Crippen LogP contribution >= 0.6 is 0 Å². The Bertz CT molecular complexity index is 3690. The quantitative estimate of drug-likeness (QED) is 0.179. The first-order chi connectivity index (χ1) is 31.3. The van der Waals surface area contributed by atoms with Gasteiger partial charge in [0.25, 0.3) is 0 Å². The summed E-state index contributed by atoms with van der Waals surface area (Å²) in [4.78, 5) is 5.30. The zero-order valence-electron chi connectivity index (χ0n) is 38.4. The van der Waals surface area contributed by atoms with Gasteiger partial charge in [0, 0.05) is 62.4 Å². The van der Waals surface area contributed by atoms with Crippen molar-refractivity contribution in [3.63, 3.8) is 0 Å². The minimum atomic E-state index is -0.147. The van der Waals surface area contributed by atoms with Crippen LogP contribution in [0.25, 0.3) is 83.3 Å². The largest absolute Gasteiger partial charge is 0.355 e. The summed E-state index contributed by atoms with van der Waals surface area (Å²) in [7, 11) is 4.60. The Morgan fingerprint density at radius 2 is 1.20 bits per heavy atom. The Hall–Kier alpha value is -7.11. The van der Waals surface area contributed by atoms with Crippen LogP contribution in [0, 0.1) is 0 Å². The second kappa shape index (κ2) is 13.0. The Morgan fingerprint density at radius 1 is 0.554 bits per heavy atom. The Morgan fingerprint density at radius 3 is 1.89 bits per heavy atom. The molecule has 3 heterocycles. The molecule has 8 aromatic carbocycles. The molecule has 2 aromatic heterocycles. The summed E-state index contributed by atoms with van der Waals surface area (Å²) < 4.78 is 4.84. The second-order valence-electron chi connectivity index (χ2n) is 20.8. The highest BCUT2D eigenvalue weighted by Gasteiger charge is 2.39. The number of hydrogen-bond donors (Lipinski definition) is 1. The molecule has 0 amide bonds. The van der Waals surface area contributed by atoms with Crippen LogP contribution in [0.4, 0.5) is 11.4 Å². The van der Waals surface area contributed by atoms with E-state index in [-0.39, 0.29) is 16.2 Å². The highest BCUT2D eigenvalue weighted by molar-refractivity contribution is 6.73. The van der Waals surface area contributed by atoms with Crippen molar-refractivity contribution in [2.45, 2.75) is 64.7 Å². The van der Waals surface area contributed by atoms with E-state index in [4.69, 9.17) is 4.98 Å². The highest BCUT2D eigenvalue weighted by Crippen LogP contribution is 2.53. The smallest absolute Gasteiger partial charge is 0.198 e. The Balaban J connectivity index is 1.10. The number of nitrogens with one attached hydrogen (secondary N) is 1. The number of anilines is 2. The third-order valence-corrected chi connectivity index (χ3v) is 15.3. The van der Waals surface area contributed by atoms with Gasteiger partial charge in [-0.2, -0.15) is 0 Å². The van der Waals surface area contributed by atoms with E-state index in [1.165, 1.54) is 94.2 Å². The standard InChI is InChI=1S/C60H50BN4/c1-58(2,3)35-22-24-36(25-23-35)62-50-30-47-41(37-18-12-14-20-45(37)59(47,4)5)28-43(50)39-26-27-40-44-29-42-38-19-13-15-21-46(38)60(6,7)48(42)31-52(44)65-53-33-54-51(32-49(53)61-55(39)56(40)65)63-57(64(54)8)34-16-10-9-11-17-34/h9-33,62H,1-8H3. The first kappa shape index (κ1) is 38.4. The van der Waals surface area contributed by atoms with Crippen LogP contribution in [0.3, 0.4) is 0 Å². The summed E-state index contributed by atoms with van der Waals surface area (Å²) in [6, 6.07) is 57.0. The third-order valence-electron chi connectivity index (χ3n) is 15.3. The number of benzene rings is 8. The lowest BCUT2D eigenvalue weighted by Crippen LogP contribution is -2.37. The van der Waals surface area contributed by atoms with E-state index in [1.54, 1.807) is 0 Å². The lowest BCUT2D eigenvalue weighted by atomic mass is 9.59. The van der Waals surface area contributed by atoms with Crippen molar-refractivity contribution in [2.24, 2.45) is 7.05 Å². The molecule has 0 saturated carbocycles. The summed E-state index contributed by atoms with van der Waals surface area (Å²) in [6.45, 7) is 16.3. The van der Waals surface area contributed by atoms with E-state index in [9.17, 15) is 0 Å². The summed E-state index contributed by atoms with van der Waals surface area (Å²) in [5.41, 5.74) is 25.7. The molecule has 1 aliphatic heterocycles. The van der Waals surface area contributed by atoms with E-state index in [1.807, 2.05) is 0 Å². The van der Waals surface area contributed by atoms with Gasteiger partial charge >= 0.3 is 0 Å². The van der Waals surface area contributed by atoms with Gasteiger partial charge in [-0.25, -0.2) is 4.98 Å². The van der Waals surface area contributed by atoms with Crippen LogP contribution in [-0.4, -0.2) is 21.4 Å². The van der Waals surface area contributed by atoms with Crippen LogP contribution in [0.5, 0.6) is 0 Å². The van der Waals surface area contributed by atoms with Crippen molar-refractivity contribution in [3.8, 4) is 50.5 Å². The van der Waals surface area contributed by atoms with Crippen molar-refractivity contribution in [2.75, 3.05) is 5.32 Å². The number of fused-ring (bicyclic) bond motifs is 12. The van der Waals surface area contributed by atoms with Gasteiger partial charge in [-0.1, -0.05) is 157 Å². The van der Waals surface area contributed by atoms with E-state index in [0.29, 0.717) is 0 Å². The average molecular weight is 838 g/mol. The monoisotopic (exact) mass is 837 g/mol. The molecule has 13 rings (SSSR count). The van der Waals surface area contributed by atoms with Gasteiger partial charge in [-0.3, -0.25) is 0 Å². The predicted octanol–water partition coefficient (Wildman–Crippen LogP) is 13.6. The zero-order valence-corrected chi connectivity index (χ0v) is 38.4.